The predicted molar refractivity (Wildman–Crippen MR) is 225 cm³/mol. The first kappa shape index (κ1) is 40.2. The molecule has 1 saturated heterocycles. The molecule has 2 fully saturated rings. The minimum absolute atomic E-state index is 0.00937. The van der Waals surface area contributed by atoms with Crippen LogP contribution in [0.15, 0.2) is 53.6 Å². The summed E-state index contributed by atoms with van der Waals surface area (Å²) >= 11 is 1.40. The van der Waals surface area contributed by atoms with Crippen molar-refractivity contribution in [3.63, 3.8) is 0 Å². The Labute approximate surface area is 340 Å². The number of nitrogens with one attached hydrogen (secondary N) is 3. The van der Waals surface area contributed by atoms with E-state index >= 15 is 0 Å². The van der Waals surface area contributed by atoms with Gasteiger partial charge in [0.2, 0.25) is 17.8 Å². The number of fused-ring (bicyclic) bond motifs is 1. The van der Waals surface area contributed by atoms with Crippen molar-refractivity contribution in [3.8, 4) is 0 Å². The number of benzene rings is 1. The Bertz CT molecular complexity index is 2390. The quantitative estimate of drug-likeness (QED) is 0.0847. The van der Waals surface area contributed by atoms with E-state index in [-0.39, 0.29) is 47.1 Å². The van der Waals surface area contributed by atoms with Gasteiger partial charge in [0.05, 0.1) is 34.4 Å². The summed E-state index contributed by atoms with van der Waals surface area (Å²) in [6.45, 7) is 9.51. The van der Waals surface area contributed by atoms with Crippen LogP contribution < -0.4 is 26.4 Å². The molecule has 3 N–H and O–H groups in total. The molecular weight excluding hydrogens is 757 g/mol. The molecule has 0 bridgehead atoms. The van der Waals surface area contributed by atoms with Crippen LogP contribution in [0.1, 0.15) is 101 Å². The molecule has 3 amide bonds. The average Bonchev–Trinajstić information content (AvgIpc) is 3.85. The molecule has 1 aliphatic carbocycles. The zero-order chi connectivity index (χ0) is 40.9. The van der Waals surface area contributed by atoms with Gasteiger partial charge in [-0.25, -0.2) is 15.0 Å². The van der Waals surface area contributed by atoms with Crippen molar-refractivity contribution in [1.82, 2.24) is 29.4 Å². The standard InChI is InChI=1S/C42H48N10O5S/c1-25-32-24-44-41(48-38(32)52(29-11-5-6-12-29)40(57)37(25)27(3)53)47-34-18-17-30(23-43-34)50-19-21-51(22-20-50)36(55)16-10-9-15-35(54)46-33-14-8-7-13-31(33)39(56)49-42-45-26(2)28(4)58-42/h7-8,13-14,17-18,23-24,29H,5-6,9-12,15-16,19-22H2,1-4H3,(H,46,54)(H,45,49,56)(H,43,44,47,48). The third-order valence-electron chi connectivity index (χ3n) is 11.0. The molecule has 7 rings (SSSR count). The number of hydrogen-bond acceptors (Lipinski definition) is 12. The molecule has 0 unspecified atom stereocenters. The number of carbonyl (C=O) groups excluding carboxylic acids is 4. The van der Waals surface area contributed by atoms with Gasteiger partial charge in [0.1, 0.15) is 11.5 Å². The van der Waals surface area contributed by atoms with Crippen molar-refractivity contribution in [2.45, 2.75) is 85.1 Å². The molecule has 15 nitrogen and oxygen atoms in total. The van der Waals surface area contributed by atoms with E-state index in [1.807, 2.05) is 30.9 Å². The van der Waals surface area contributed by atoms with Crippen LogP contribution >= 0.6 is 11.3 Å². The highest BCUT2D eigenvalue weighted by molar-refractivity contribution is 7.15. The zero-order valence-corrected chi connectivity index (χ0v) is 34.1. The highest BCUT2D eigenvalue weighted by Crippen LogP contribution is 2.32. The minimum Gasteiger partial charge on any atom is -0.367 e. The lowest BCUT2D eigenvalue weighted by atomic mass is 10.0. The molecule has 2 aliphatic rings. The van der Waals surface area contributed by atoms with Gasteiger partial charge in [-0.15, -0.1) is 11.3 Å². The van der Waals surface area contributed by atoms with Crippen LogP contribution in [0.4, 0.5) is 28.3 Å². The normalized spacial score (nSPS) is 14.5. The summed E-state index contributed by atoms with van der Waals surface area (Å²) in [5, 5.41) is 10.0. The van der Waals surface area contributed by atoms with Crippen molar-refractivity contribution in [1.29, 1.82) is 0 Å². The van der Waals surface area contributed by atoms with Crippen molar-refractivity contribution in [3.05, 3.63) is 86.4 Å². The van der Waals surface area contributed by atoms with E-state index in [4.69, 9.17) is 4.98 Å². The molecule has 58 heavy (non-hydrogen) atoms. The van der Waals surface area contributed by atoms with E-state index in [1.165, 1.54) is 18.3 Å². The zero-order valence-electron chi connectivity index (χ0n) is 33.3. The maximum absolute atomic E-state index is 13.5. The number of para-hydroxylation sites is 1. The fourth-order valence-electron chi connectivity index (χ4n) is 7.70. The molecule has 0 atom stereocenters. The monoisotopic (exact) mass is 804 g/mol. The fourth-order valence-corrected chi connectivity index (χ4v) is 8.51. The number of pyridine rings is 2. The Morgan fingerprint density at radius 1 is 0.862 bits per heavy atom. The number of thiazole rings is 1. The number of amides is 3. The molecule has 1 saturated carbocycles. The highest BCUT2D eigenvalue weighted by atomic mass is 32.1. The molecule has 5 aromatic rings. The number of aromatic nitrogens is 5. The van der Waals surface area contributed by atoms with E-state index in [2.05, 4.69) is 35.8 Å². The molecule has 16 heteroatoms. The van der Waals surface area contributed by atoms with Crippen molar-refractivity contribution < 1.29 is 19.2 Å². The molecule has 1 aliphatic heterocycles. The summed E-state index contributed by atoms with van der Waals surface area (Å²) in [5.41, 5.74) is 3.59. The van der Waals surface area contributed by atoms with Crippen LogP contribution in [0.3, 0.4) is 0 Å². The van der Waals surface area contributed by atoms with Crippen LogP contribution in [0.25, 0.3) is 11.0 Å². The van der Waals surface area contributed by atoms with Gasteiger partial charge in [0, 0.05) is 61.5 Å². The van der Waals surface area contributed by atoms with Gasteiger partial charge in [-0.2, -0.15) is 4.98 Å². The smallest absolute Gasteiger partial charge is 0.263 e. The summed E-state index contributed by atoms with van der Waals surface area (Å²) in [6, 6.07) is 10.7. The lowest BCUT2D eigenvalue weighted by Gasteiger charge is -2.36. The second-order valence-electron chi connectivity index (χ2n) is 14.9. The van der Waals surface area contributed by atoms with E-state index in [0.29, 0.717) is 90.2 Å². The van der Waals surface area contributed by atoms with E-state index in [9.17, 15) is 24.0 Å². The number of unbranched alkanes of at least 4 members (excludes halogenated alkanes) is 1. The third kappa shape index (κ3) is 8.91. The van der Waals surface area contributed by atoms with Crippen LogP contribution in [0, 0.1) is 20.8 Å². The number of nitrogens with zero attached hydrogens (tertiary/aromatic N) is 7. The first-order valence-electron chi connectivity index (χ1n) is 19.8. The number of ketones is 1. The number of hydrogen-bond donors (Lipinski definition) is 3. The van der Waals surface area contributed by atoms with Crippen LogP contribution in [-0.2, 0) is 9.59 Å². The lowest BCUT2D eigenvalue weighted by molar-refractivity contribution is -0.131. The van der Waals surface area contributed by atoms with Gasteiger partial charge in [-0.1, -0.05) is 25.0 Å². The highest BCUT2D eigenvalue weighted by Gasteiger charge is 2.26. The second kappa shape index (κ2) is 17.6. The number of anilines is 5. The number of piperazine rings is 1. The van der Waals surface area contributed by atoms with Gasteiger partial charge in [-0.05, 0) is 83.2 Å². The first-order valence-corrected chi connectivity index (χ1v) is 20.6. The SMILES string of the molecule is CC(=O)c1c(C)c2cnc(Nc3ccc(N4CCN(C(=O)CCCCC(=O)Nc5ccccc5C(=O)Nc5nc(C)c(C)s5)CC4)cn3)nc2n(C2CCCC2)c1=O. The van der Waals surface area contributed by atoms with Crippen molar-refractivity contribution in [2.75, 3.05) is 47.0 Å². The largest absolute Gasteiger partial charge is 0.367 e. The third-order valence-corrected chi connectivity index (χ3v) is 12.0. The van der Waals surface area contributed by atoms with Crippen LogP contribution in [-0.4, -0.2) is 79.1 Å². The molecule has 302 valence electrons. The maximum atomic E-state index is 13.5. The first-order chi connectivity index (χ1) is 28.0. The van der Waals surface area contributed by atoms with E-state index < -0.39 is 0 Å². The van der Waals surface area contributed by atoms with Crippen LogP contribution in [0.2, 0.25) is 0 Å². The molecule has 5 heterocycles. The summed E-state index contributed by atoms with van der Waals surface area (Å²) in [6.07, 6.45) is 8.93. The van der Waals surface area contributed by atoms with Gasteiger partial charge in [0.15, 0.2) is 10.9 Å². The molecule has 4 aromatic heterocycles. The Morgan fingerprint density at radius 2 is 1.60 bits per heavy atom. The summed E-state index contributed by atoms with van der Waals surface area (Å²) in [5.74, 6) is 0.101. The fraction of sp³-hybridized carbons (Fsp3) is 0.405. The predicted octanol–water partition coefficient (Wildman–Crippen LogP) is 6.73. The van der Waals surface area contributed by atoms with E-state index in [1.54, 1.807) is 48.1 Å². The van der Waals surface area contributed by atoms with E-state index in [0.717, 1.165) is 41.9 Å². The topological polar surface area (TPSA) is 184 Å². The second-order valence-corrected chi connectivity index (χ2v) is 16.1. The van der Waals surface area contributed by atoms with Crippen molar-refractivity contribution in [2.24, 2.45) is 0 Å². The number of carbonyl (C=O) groups is 4. The number of Topliss-reactive ketones (excluding diaryl/α,β-unsaturated/α-hetero) is 1. The molecule has 1 aromatic carbocycles. The lowest BCUT2D eigenvalue weighted by Crippen LogP contribution is -2.48. The van der Waals surface area contributed by atoms with Gasteiger partial charge in [-0.3, -0.25) is 33.9 Å². The van der Waals surface area contributed by atoms with Gasteiger partial charge in [0.25, 0.3) is 11.5 Å². The number of aryl methyl sites for hydroxylation is 3. The Balaban J connectivity index is 0.872. The maximum Gasteiger partial charge on any atom is 0.263 e. The molecule has 0 radical (unpaired) electrons. The van der Waals surface area contributed by atoms with Crippen molar-refractivity contribution >= 4 is 74.1 Å². The molecule has 0 spiro atoms. The minimum atomic E-state index is -0.344. The summed E-state index contributed by atoms with van der Waals surface area (Å²) in [7, 11) is 0. The Kier molecular flexibility index (Phi) is 12.2. The average molecular weight is 805 g/mol. The van der Waals surface area contributed by atoms with Gasteiger partial charge < -0.3 is 20.4 Å². The number of rotatable bonds is 13. The Morgan fingerprint density at radius 3 is 2.29 bits per heavy atom. The van der Waals surface area contributed by atoms with Crippen LogP contribution in [0.5, 0.6) is 0 Å². The summed E-state index contributed by atoms with van der Waals surface area (Å²) < 4.78 is 1.69. The van der Waals surface area contributed by atoms with Gasteiger partial charge >= 0.3 is 0 Å². The summed E-state index contributed by atoms with van der Waals surface area (Å²) in [4.78, 5) is 88.1. The molecular formula is C42H48N10O5S. The Hall–Kier alpha value is -6.03.